The number of nitriles is 1. The third kappa shape index (κ3) is 3.02. The summed E-state index contributed by atoms with van der Waals surface area (Å²) < 4.78 is 15.1. The van der Waals surface area contributed by atoms with E-state index in [1.807, 2.05) is 6.07 Å². The van der Waals surface area contributed by atoms with Crippen LogP contribution < -0.4 is 5.56 Å². The fraction of sp³-hybridized carbons (Fsp3) is 0.412. The highest BCUT2D eigenvalue weighted by Gasteiger charge is 2.18. The maximum atomic E-state index is 13.4. The topological polar surface area (TPSA) is 49.0 Å². The Morgan fingerprint density at radius 3 is 2.86 bits per heavy atom. The number of alkyl halides is 1. The Bertz CT molecular complexity index is 778. The predicted octanol–water partition coefficient (Wildman–Crippen LogP) is 2.31. The van der Waals surface area contributed by atoms with Gasteiger partial charge in [0.15, 0.2) is 0 Å². The van der Waals surface area contributed by atoms with E-state index in [4.69, 9.17) is 5.26 Å². The number of halogens is 1. The van der Waals surface area contributed by atoms with Gasteiger partial charge in [-0.05, 0) is 43.0 Å². The van der Waals surface area contributed by atoms with E-state index in [-0.39, 0.29) is 5.56 Å². The second-order valence-corrected chi connectivity index (χ2v) is 5.75. The van der Waals surface area contributed by atoms with Crippen molar-refractivity contribution < 1.29 is 4.39 Å². The molecule has 1 aliphatic heterocycles. The Balaban J connectivity index is 1.87. The number of hydrogen-bond donors (Lipinski definition) is 0. The number of rotatable bonds is 3. The number of fused-ring (bicyclic) bond motifs is 1. The lowest BCUT2D eigenvalue weighted by molar-refractivity contribution is 0.135. The van der Waals surface area contributed by atoms with Crippen LogP contribution in [-0.2, 0) is 6.54 Å². The van der Waals surface area contributed by atoms with Crippen molar-refractivity contribution in [2.45, 2.75) is 25.6 Å². The second-order valence-electron chi connectivity index (χ2n) is 5.75. The summed E-state index contributed by atoms with van der Waals surface area (Å²) >= 11 is 0. The van der Waals surface area contributed by atoms with Crippen molar-refractivity contribution in [3.8, 4) is 6.07 Å². The maximum absolute atomic E-state index is 13.4. The van der Waals surface area contributed by atoms with Crippen molar-refractivity contribution in [1.82, 2.24) is 9.47 Å². The molecule has 0 spiro atoms. The van der Waals surface area contributed by atoms with E-state index >= 15 is 0 Å². The molecule has 22 heavy (non-hydrogen) atoms. The summed E-state index contributed by atoms with van der Waals surface area (Å²) in [5, 5.41) is 9.96. The molecule has 0 saturated carbocycles. The molecule has 0 radical (unpaired) electrons. The molecular formula is C17H18FN3O. The Kier molecular flexibility index (Phi) is 4.21. The molecule has 5 heteroatoms. The monoisotopic (exact) mass is 299 g/mol. The van der Waals surface area contributed by atoms with Crippen LogP contribution in [0, 0.1) is 11.3 Å². The lowest BCUT2D eigenvalue weighted by atomic mass is 10.1. The smallest absolute Gasteiger partial charge is 0.251 e. The van der Waals surface area contributed by atoms with Crippen LogP contribution in [0.15, 0.2) is 35.1 Å². The van der Waals surface area contributed by atoms with Crippen LogP contribution in [0.3, 0.4) is 0 Å². The van der Waals surface area contributed by atoms with E-state index in [0.717, 1.165) is 23.9 Å². The number of benzene rings is 1. The molecule has 3 rings (SSSR count). The Morgan fingerprint density at radius 1 is 1.27 bits per heavy atom. The normalized spacial score (nSPS) is 19.2. The molecule has 2 aromatic rings. The van der Waals surface area contributed by atoms with Crippen LogP contribution in [0.1, 0.15) is 18.4 Å². The zero-order valence-corrected chi connectivity index (χ0v) is 12.3. The SMILES string of the molecule is N#Cc1ccc2ccc(=O)n(CCN3CCCC(F)C3)c2c1. The zero-order chi connectivity index (χ0) is 15.5. The fourth-order valence-corrected chi connectivity index (χ4v) is 3.03. The quantitative estimate of drug-likeness (QED) is 0.874. The van der Waals surface area contributed by atoms with Gasteiger partial charge in [0, 0.05) is 25.7 Å². The highest BCUT2D eigenvalue weighted by Crippen LogP contribution is 2.16. The molecule has 1 aromatic heterocycles. The summed E-state index contributed by atoms with van der Waals surface area (Å²) in [7, 11) is 0. The van der Waals surface area contributed by atoms with Gasteiger partial charge in [-0.3, -0.25) is 9.69 Å². The number of nitrogens with zero attached hydrogens (tertiary/aromatic N) is 3. The first-order valence-corrected chi connectivity index (χ1v) is 7.57. The largest absolute Gasteiger partial charge is 0.307 e. The first-order valence-electron chi connectivity index (χ1n) is 7.57. The summed E-state index contributed by atoms with van der Waals surface area (Å²) in [6.45, 7) is 2.49. The van der Waals surface area contributed by atoms with Gasteiger partial charge in [-0.1, -0.05) is 6.07 Å². The highest BCUT2D eigenvalue weighted by molar-refractivity contribution is 5.80. The third-order valence-corrected chi connectivity index (χ3v) is 4.21. The molecule has 1 aromatic carbocycles. The molecule has 4 nitrogen and oxygen atoms in total. The minimum absolute atomic E-state index is 0.0867. The summed E-state index contributed by atoms with van der Waals surface area (Å²) in [4.78, 5) is 14.2. The summed E-state index contributed by atoms with van der Waals surface area (Å²) in [5.74, 6) is 0. The number of piperidine rings is 1. The van der Waals surface area contributed by atoms with Gasteiger partial charge in [-0.25, -0.2) is 4.39 Å². The predicted molar refractivity (Wildman–Crippen MR) is 83.5 cm³/mol. The van der Waals surface area contributed by atoms with Crippen LogP contribution in [0.2, 0.25) is 0 Å². The van der Waals surface area contributed by atoms with Crippen LogP contribution in [0.4, 0.5) is 4.39 Å². The fourth-order valence-electron chi connectivity index (χ4n) is 3.03. The highest BCUT2D eigenvalue weighted by atomic mass is 19.1. The van der Waals surface area contributed by atoms with E-state index in [1.54, 1.807) is 28.8 Å². The minimum atomic E-state index is -0.761. The molecule has 1 atom stereocenters. The first kappa shape index (κ1) is 14.7. The van der Waals surface area contributed by atoms with Crippen molar-refractivity contribution in [3.05, 3.63) is 46.2 Å². The van der Waals surface area contributed by atoms with E-state index < -0.39 is 6.17 Å². The van der Waals surface area contributed by atoms with Gasteiger partial charge in [-0.15, -0.1) is 0 Å². The lowest BCUT2D eigenvalue weighted by Crippen LogP contribution is -2.39. The molecule has 0 N–H and O–H groups in total. The summed E-state index contributed by atoms with van der Waals surface area (Å²) in [6, 6.07) is 10.8. The maximum Gasteiger partial charge on any atom is 0.251 e. The van der Waals surface area contributed by atoms with Gasteiger partial charge < -0.3 is 4.57 Å². The van der Waals surface area contributed by atoms with E-state index in [1.165, 1.54) is 0 Å². The molecule has 1 aliphatic rings. The number of aromatic nitrogens is 1. The van der Waals surface area contributed by atoms with Crippen LogP contribution in [0.5, 0.6) is 0 Å². The molecule has 0 amide bonds. The first-order chi connectivity index (χ1) is 10.7. The van der Waals surface area contributed by atoms with Crippen molar-refractivity contribution in [3.63, 3.8) is 0 Å². The Labute approximate surface area is 128 Å². The summed E-state index contributed by atoms with van der Waals surface area (Å²) in [6.07, 6.45) is 0.739. The van der Waals surface area contributed by atoms with Crippen molar-refractivity contribution in [1.29, 1.82) is 5.26 Å². The Hall–Kier alpha value is -2.19. The molecule has 0 aliphatic carbocycles. The van der Waals surface area contributed by atoms with Gasteiger partial charge >= 0.3 is 0 Å². The number of pyridine rings is 1. The van der Waals surface area contributed by atoms with Crippen LogP contribution >= 0.6 is 0 Å². The van der Waals surface area contributed by atoms with Gasteiger partial charge in [0.25, 0.3) is 5.56 Å². The average molecular weight is 299 g/mol. The molecule has 1 unspecified atom stereocenters. The third-order valence-electron chi connectivity index (χ3n) is 4.21. The van der Waals surface area contributed by atoms with E-state index in [9.17, 15) is 9.18 Å². The summed E-state index contributed by atoms with van der Waals surface area (Å²) in [5.41, 5.74) is 1.21. The molecule has 1 fully saturated rings. The van der Waals surface area contributed by atoms with E-state index in [2.05, 4.69) is 11.0 Å². The van der Waals surface area contributed by atoms with Gasteiger partial charge in [0.2, 0.25) is 0 Å². The van der Waals surface area contributed by atoms with Gasteiger partial charge in [0.1, 0.15) is 6.17 Å². The minimum Gasteiger partial charge on any atom is -0.307 e. The van der Waals surface area contributed by atoms with Crippen molar-refractivity contribution in [2.24, 2.45) is 0 Å². The second kappa shape index (κ2) is 6.29. The Morgan fingerprint density at radius 2 is 2.09 bits per heavy atom. The molecule has 114 valence electrons. The number of hydrogen-bond acceptors (Lipinski definition) is 3. The van der Waals surface area contributed by atoms with Crippen LogP contribution in [-0.4, -0.2) is 35.3 Å². The standard InChI is InChI=1S/C17H18FN3O/c18-15-2-1-7-20(12-15)8-9-21-16-10-13(11-19)3-4-14(16)5-6-17(21)22/h3-6,10,15H,1-2,7-9,12H2. The molecule has 0 bridgehead atoms. The van der Waals surface area contributed by atoms with Gasteiger partial charge in [0.05, 0.1) is 17.1 Å². The number of likely N-dealkylation sites (tertiary alicyclic amines) is 1. The van der Waals surface area contributed by atoms with Crippen LogP contribution in [0.25, 0.3) is 10.9 Å². The molecule has 1 saturated heterocycles. The molecular weight excluding hydrogens is 281 g/mol. The molecule has 2 heterocycles. The van der Waals surface area contributed by atoms with Crippen molar-refractivity contribution in [2.75, 3.05) is 19.6 Å². The lowest BCUT2D eigenvalue weighted by Gasteiger charge is -2.29. The van der Waals surface area contributed by atoms with Gasteiger partial charge in [-0.2, -0.15) is 5.26 Å². The average Bonchev–Trinajstić information content (AvgIpc) is 2.53. The van der Waals surface area contributed by atoms with Crippen molar-refractivity contribution >= 4 is 10.9 Å². The van der Waals surface area contributed by atoms with E-state index in [0.29, 0.717) is 31.6 Å². The zero-order valence-electron chi connectivity index (χ0n) is 12.3.